The SMILES string of the molecule is Cc1ccc2c(c1)c1cc(C)ccc1c1nc3c(nc21)oc1ccc(-c2cccc(-c4cccc5c4oc4ccccc45)c2)cc13.c1cc(-c2ccc3c(c2)oc2nc4c5ccccc5c5ccccc5c4nc23)cc(-c2cccc3c2sc2ccccc23)c1.c1cc(-c2cccc(-c3cccc4c3sc3ccccc34)c2)cc(-c2cccc3c2oc2nc4c5ccccc5c5ccccc5c4nc23)c1. The van der Waals surface area contributed by atoms with E-state index in [1.165, 1.54) is 112 Å². The van der Waals surface area contributed by atoms with E-state index in [9.17, 15) is 0 Å². The first kappa shape index (κ1) is 79.4. The van der Waals surface area contributed by atoms with Gasteiger partial charge >= 0.3 is 0 Å². The van der Waals surface area contributed by atoms with Crippen LogP contribution in [-0.4, -0.2) is 29.9 Å². The van der Waals surface area contributed by atoms with E-state index in [-0.39, 0.29) is 0 Å². The van der Waals surface area contributed by atoms with Crippen molar-refractivity contribution >= 4 is 249 Å². The van der Waals surface area contributed by atoms with Gasteiger partial charge in [-0.1, -0.05) is 351 Å². The molecule has 9 heterocycles. The highest BCUT2D eigenvalue weighted by molar-refractivity contribution is 7.26. The first-order chi connectivity index (χ1) is 69.2. The highest BCUT2D eigenvalue weighted by atomic mass is 32.1. The Kier molecular flexibility index (Phi) is 17.8. The molecule has 22 aromatic carbocycles. The smallest absolute Gasteiger partial charge is 0.246 e. The van der Waals surface area contributed by atoms with Gasteiger partial charge in [0.1, 0.15) is 61.0 Å². The summed E-state index contributed by atoms with van der Waals surface area (Å²) in [7, 11) is 0. The Hall–Kier alpha value is -17.9. The molecule has 0 N–H and O–H groups in total. The topological polar surface area (TPSA) is 130 Å². The Labute approximate surface area is 806 Å². The predicted molar refractivity (Wildman–Crippen MR) is 586 cm³/mol. The van der Waals surface area contributed by atoms with Crippen molar-refractivity contribution in [2.24, 2.45) is 0 Å². The molecule has 0 atom stereocenters. The van der Waals surface area contributed by atoms with E-state index >= 15 is 0 Å². The predicted octanol–water partition coefficient (Wildman–Crippen LogP) is 36.4. The third kappa shape index (κ3) is 12.6. The van der Waals surface area contributed by atoms with Gasteiger partial charge in [0.05, 0.1) is 16.6 Å². The van der Waals surface area contributed by atoms with Gasteiger partial charge in [-0.2, -0.15) is 0 Å². The van der Waals surface area contributed by atoms with E-state index < -0.39 is 0 Å². The van der Waals surface area contributed by atoms with Crippen LogP contribution in [0, 0.1) is 13.8 Å². The van der Waals surface area contributed by atoms with E-state index in [1.54, 1.807) is 0 Å². The Morgan fingerprint density at radius 1 is 0.164 bits per heavy atom. The monoisotopic (exact) mass is 1820 g/mol. The van der Waals surface area contributed by atoms with Crippen molar-refractivity contribution < 1.29 is 17.7 Å². The van der Waals surface area contributed by atoms with Gasteiger partial charge in [-0.3, -0.25) is 0 Å². The van der Waals surface area contributed by atoms with Gasteiger partial charge in [-0.15, -0.1) is 22.7 Å². The molecule has 12 heteroatoms. The molecule has 0 saturated heterocycles. The standard InChI is InChI=1S/C46H26N2OS.C42H26N2O2.C40H22N2OS/c1-3-18-36-33(15-1)34-16-2-4-19-37(34)42-41(36)47-43-39-23-9-20-31(44(39)49-46(43)48-42)29-13-7-11-27(25-29)28-12-8-14-30(26-28)32-21-10-22-38-35-17-5-6-24-40(35)50-45(32)38;1-23-13-16-30-33(19-23)34-20-24(2)14-17-31(34)39-38(30)43-40-35-22-26(15-18-37(35)46-42(40)44-39)25-7-5-8-27(21-25)28-10-6-11-32-29-9-3-4-12-36(29)45-41(28)32;1-3-14-30-27(11-1)28-12-2-4-15-31(28)37-36(30)41-38-33-20-19-24(22-34(33)43-40(38)42-37)23-9-7-10-25(21-23)26-16-8-17-32-29-13-5-6-18-35(29)44-39(26)32/h1-26H;3-22H,1-2H3;1-22H. The minimum Gasteiger partial charge on any atom is -0.455 e. The summed E-state index contributed by atoms with van der Waals surface area (Å²) in [5.74, 6) is 0. The van der Waals surface area contributed by atoms with Crippen LogP contribution in [0.4, 0.5) is 0 Å². The summed E-state index contributed by atoms with van der Waals surface area (Å²) in [6, 6.07) is 146. The molecule has 10 nitrogen and oxygen atoms in total. The summed E-state index contributed by atoms with van der Waals surface area (Å²) in [4.78, 5) is 31.1. The van der Waals surface area contributed by atoms with E-state index in [0.29, 0.717) is 17.1 Å². The Morgan fingerprint density at radius 2 is 0.479 bits per heavy atom. The van der Waals surface area contributed by atoms with Crippen molar-refractivity contribution in [3.05, 3.63) is 424 Å². The zero-order valence-corrected chi connectivity index (χ0v) is 77.0. The molecular weight excluding hydrogens is 1750 g/mol. The second-order valence-electron chi connectivity index (χ2n) is 36.6. The maximum Gasteiger partial charge on any atom is 0.246 e. The largest absolute Gasteiger partial charge is 0.455 e. The third-order valence-electron chi connectivity index (χ3n) is 28.3. The van der Waals surface area contributed by atoms with Crippen LogP contribution in [0.1, 0.15) is 11.1 Å². The average Bonchev–Trinajstić information content (AvgIpc) is 1.32. The van der Waals surface area contributed by atoms with Gasteiger partial charge in [-0.25, -0.2) is 29.9 Å². The lowest BCUT2D eigenvalue weighted by atomic mass is 9.95. The molecule has 0 saturated carbocycles. The van der Waals surface area contributed by atoms with Gasteiger partial charge in [0.15, 0.2) is 0 Å². The third-order valence-corrected chi connectivity index (χ3v) is 30.8. The number of hydrogen-bond donors (Lipinski definition) is 0. The van der Waals surface area contributed by atoms with Gasteiger partial charge in [0, 0.05) is 111 Å². The van der Waals surface area contributed by atoms with E-state index in [1.807, 2.05) is 40.9 Å². The minimum absolute atomic E-state index is 0.554. The number of rotatable bonds is 7. The van der Waals surface area contributed by atoms with E-state index in [4.69, 9.17) is 47.6 Å². The molecule has 31 aromatic rings. The summed E-state index contributed by atoms with van der Waals surface area (Å²) in [6.45, 7) is 4.27. The minimum atomic E-state index is 0.554. The first-order valence-electron chi connectivity index (χ1n) is 47.1. The number of aromatic nitrogens is 6. The molecule has 0 fully saturated rings. The van der Waals surface area contributed by atoms with Gasteiger partial charge in [0.2, 0.25) is 17.1 Å². The van der Waals surface area contributed by atoms with E-state index in [2.05, 4.69) is 408 Å². The summed E-state index contributed by atoms with van der Waals surface area (Å²) >= 11 is 3.73. The number of nitrogens with zero attached hydrogens (tertiary/aromatic N) is 6. The van der Waals surface area contributed by atoms with Gasteiger partial charge < -0.3 is 17.7 Å². The molecule has 0 aliphatic heterocycles. The van der Waals surface area contributed by atoms with Crippen LogP contribution in [0.2, 0.25) is 0 Å². The summed E-state index contributed by atoms with van der Waals surface area (Å²) in [5, 5.41) is 24.1. The highest BCUT2D eigenvalue weighted by Crippen LogP contribution is 2.49. The normalized spacial score (nSPS) is 12.1. The zero-order valence-electron chi connectivity index (χ0n) is 75.4. The van der Waals surface area contributed by atoms with Gasteiger partial charge in [0.25, 0.3) is 0 Å². The molecule has 9 aromatic heterocycles. The maximum atomic E-state index is 6.62. The molecule has 652 valence electrons. The van der Waals surface area contributed by atoms with Crippen LogP contribution in [0.5, 0.6) is 0 Å². The van der Waals surface area contributed by atoms with Crippen LogP contribution in [0.3, 0.4) is 0 Å². The Balaban J connectivity index is 0.000000101. The highest BCUT2D eigenvalue weighted by Gasteiger charge is 2.25. The van der Waals surface area contributed by atoms with Gasteiger partial charge in [-0.05, 0) is 186 Å². The summed E-state index contributed by atoms with van der Waals surface area (Å²) in [6.07, 6.45) is 0. The van der Waals surface area contributed by atoms with Crippen LogP contribution in [0.15, 0.2) is 430 Å². The average molecular weight is 1820 g/mol. The van der Waals surface area contributed by atoms with Crippen LogP contribution in [-0.2, 0) is 0 Å². The molecule has 0 bridgehead atoms. The first-order valence-corrected chi connectivity index (χ1v) is 48.8. The number of aryl methyl sites for hydroxylation is 2. The van der Waals surface area contributed by atoms with Crippen molar-refractivity contribution in [3.63, 3.8) is 0 Å². The second kappa shape index (κ2) is 31.3. The second-order valence-corrected chi connectivity index (χ2v) is 38.7. The Bertz CT molecular complexity index is 10800. The molecule has 140 heavy (non-hydrogen) atoms. The molecule has 0 aliphatic carbocycles. The lowest BCUT2D eigenvalue weighted by Gasteiger charge is -2.10. The number of para-hydroxylation sites is 3. The number of benzene rings is 22. The van der Waals surface area contributed by atoms with Crippen molar-refractivity contribution in [1.82, 2.24) is 29.9 Å². The van der Waals surface area contributed by atoms with Crippen LogP contribution in [0.25, 0.3) is 305 Å². The molecule has 0 unspecified atom stereocenters. The van der Waals surface area contributed by atoms with Crippen molar-refractivity contribution in [1.29, 1.82) is 0 Å². The summed E-state index contributed by atoms with van der Waals surface area (Å²) in [5.41, 5.74) is 32.0. The number of thiophene rings is 2. The molecule has 0 aliphatic rings. The molecule has 0 amide bonds. The number of hydrogen-bond acceptors (Lipinski definition) is 12. The fourth-order valence-corrected chi connectivity index (χ4v) is 24.2. The maximum absolute atomic E-state index is 6.62. The fraction of sp³-hybridized carbons (Fsp3) is 0.0156. The molecule has 31 rings (SSSR count). The molecular formula is C128H74N6O4S2. The van der Waals surface area contributed by atoms with Crippen molar-refractivity contribution in [2.45, 2.75) is 13.8 Å². The van der Waals surface area contributed by atoms with Crippen LogP contribution < -0.4 is 0 Å². The quantitative estimate of drug-likeness (QED) is 0.142. The zero-order chi connectivity index (χ0) is 92.1. The fourth-order valence-electron chi connectivity index (χ4n) is 21.7. The lowest BCUT2D eigenvalue weighted by molar-refractivity contribution is 0.655. The lowest BCUT2D eigenvalue weighted by Crippen LogP contribution is -1.91. The number of furan rings is 4. The Morgan fingerprint density at radius 3 is 0.964 bits per heavy atom. The van der Waals surface area contributed by atoms with Crippen LogP contribution >= 0.6 is 22.7 Å². The molecule has 0 spiro atoms. The van der Waals surface area contributed by atoms with Crippen molar-refractivity contribution in [2.75, 3.05) is 0 Å². The van der Waals surface area contributed by atoms with E-state index in [0.717, 1.165) is 187 Å². The number of fused-ring (bicyclic) bond motifs is 36. The van der Waals surface area contributed by atoms with Crippen molar-refractivity contribution in [3.8, 4) is 77.9 Å². The summed E-state index contributed by atoms with van der Waals surface area (Å²) < 4.78 is 31.0. The molecule has 0 radical (unpaired) electrons.